The van der Waals surface area contributed by atoms with Crippen LogP contribution in [0, 0.1) is 0 Å². The van der Waals surface area contributed by atoms with Gasteiger partial charge >= 0.3 is 0 Å². The highest BCUT2D eigenvalue weighted by atomic mass is 16.2. The van der Waals surface area contributed by atoms with E-state index >= 15 is 0 Å². The van der Waals surface area contributed by atoms with Crippen LogP contribution in [-0.2, 0) is 14.4 Å². The normalized spacial score (nSPS) is 18.6. The van der Waals surface area contributed by atoms with Crippen LogP contribution in [0.5, 0.6) is 0 Å². The smallest absolute Gasteiger partial charge is 0.254 e. The Balaban J connectivity index is 2.80. The minimum atomic E-state index is -0.833. The summed E-state index contributed by atoms with van der Waals surface area (Å²) in [6, 6.07) is -0.833. The van der Waals surface area contributed by atoms with Crippen LogP contribution in [0.4, 0.5) is 0 Å². The van der Waals surface area contributed by atoms with Crippen molar-refractivity contribution in [3.8, 4) is 0 Å². The number of hydrogen-bond donors (Lipinski definition) is 1. The van der Waals surface area contributed by atoms with Crippen LogP contribution < -0.4 is 5.73 Å². The van der Waals surface area contributed by atoms with E-state index < -0.39 is 17.9 Å². The third-order valence-electron chi connectivity index (χ3n) is 1.57. The fourth-order valence-electron chi connectivity index (χ4n) is 0.960. The fraction of sp³-hybridized carbons (Fsp3) is 0.286. The van der Waals surface area contributed by atoms with Crippen LogP contribution >= 0.6 is 0 Å². The summed E-state index contributed by atoms with van der Waals surface area (Å²) >= 11 is 0. The summed E-state index contributed by atoms with van der Waals surface area (Å²) in [7, 11) is 0. The number of nitrogens with two attached hydrogens (primary N) is 1. The summed E-state index contributed by atoms with van der Waals surface area (Å²) in [6.45, 7) is -0.0390. The van der Waals surface area contributed by atoms with Crippen molar-refractivity contribution in [2.75, 3.05) is 6.54 Å². The molecule has 2 N–H and O–H groups in total. The number of rotatable bonds is 3. The molecule has 0 saturated heterocycles. The maximum absolute atomic E-state index is 10.9. The van der Waals surface area contributed by atoms with E-state index in [1.165, 1.54) is 0 Å². The average molecular weight is 168 g/mol. The quantitative estimate of drug-likeness (QED) is 0.408. The van der Waals surface area contributed by atoms with Gasteiger partial charge in [0.05, 0.1) is 0 Å². The molecule has 0 aromatic carbocycles. The largest absolute Gasteiger partial charge is 0.328 e. The molecule has 64 valence electrons. The zero-order chi connectivity index (χ0) is 9.14. The number of imide groups is 1. The van der Waals surface area contributed by atoms with Crippen molar-refractivity contribution in [1.29, 1.82) is 0 Å². The molecule has 1 aliphatic heterocycles. The monoisotopic (exact) mass is 168 g/mol. The first-order valence-electron chi connectivity index (χ1n) is 3.41. The molecule has 0 radical (unpaired) electrons. The van der Waals surface area contributed by atoms with Gasteiger partial charge in [0.15, 0.2) is 0 Å². The summed E-state index contributed by atoms with van der Waals surface area (Å²) in [6.07, 6.45) is 2.73. The van der Waals surface area contributed by atoms with Crippen molar-refractivity contribution in [2.24, 2.45) is 5.73 Å². The van der Waals surface area contributed by atoms with Gasteiger partial charge in [0, 0.05) is 18.7 Å². The highest BCUT2D eigenvalue weighted by Gasteiger charge is 2.29. The third kappa shape index (κ3) is 1.26. The molecule has 1 heterocycles. The van der Waals surface area contributed by atoms with Crippen molar-refractivity contribution in [3.63, 3.8) is 0 Å². The van der Waals surface area contributed by atoms with Gasteiger partial charge in [-0.3, -0.25) is 14.5 Å². The maximum atomic E-state index is 10.9. The summed E-state index contributed by atoms with van der Waals surface area (Å²) < 4.78 is 0. The fourth-order valence-corrected chi connectivity index (χ4v) is 0.960. The summed E-state index contributed by atoms with van der Waals surface area (Å²) in [5, 5.41) is 0. The summed E-state index contributed by atoms with van der Waals surface area (Å²) in [4.78, 5) is 33.1. The second-order valence-electron chi connectivity index (χ2n) is 2.32. The van der Waals surface area contributed by atoms with Gasteiger partial charge in [0.25, 0.3) is 11.8 Å². The first-order chi connectivity index (χ1) is 5.70. The molecule has 0 spiro atoms. The number of carbonyl (C=O) groups excluding carboxylic acids is 3. The number of amides is 2. The first kappa shape index (κ1) is 8.61. The Morgan fingerprint density at radius 3 is 2.25 bits per heavy atom. The topological polar surface area (TPSA) is 80.5 Å². The molecule has 1 atom stereocenters. The molecule has 0 aromatic rings. The van der Waals surface area contributed by atoms with E-state index in [2.05, 4.69) is 0 Å². The van der Waals surface area contributed by atoms with Crippen molar-refractivity contribution < 1.29 is 14.4 Å². The molecule has 0 aliphatic carbocycles. The second-order valence-corrected chi connectivity index (χ2v) is 2.32. The van der Waals surface area contributed by atoms with Crippen LogP contribution in [0.3, 0.4) is 0 Å². The zero-order valence-electron chi connectivity index (χ0n) is 6.27. The first-order valence-corrected chi connectivity index (χ1v) is 3.41. The van der Waals surface area contributed by atoms with E-state index in [1.807, 2.05) is 0 Å². The Bertz CT molecular complexity index is 241. The average Bonchev–Trinajstić information content (AvgIpc) is 2.38. The molecule has 2 amide bonds. The van der Waals surface area contributed by atoms with Gasteiger partial charge in [-0.05, 0) is 0 Å². The lowest BCUT2D eigenvalue weighted by molar-refractivity contribution is -0.141. The van der Waals surface area contributed by atoms with Crippen molar-refractivity contribution in [1.82, 2.24) is 4.90 Å². The lowest BCUT2D eigenvalue weighted by Crippen LogP contribution is -2.45. The summed E-state index contributed by atoms with van der Waals surface area (Å²) in [5.41, 5.74) is 5.18. The van der Waals surface area contributed by atoms with Crippen LogP contribution in [0.1, 0.15) is 0 Å². The predicted molar refractivity (Wildman–Crippen MR) is 39.9 cm³/mol. The Morgan fingerprint density at radius 2 is 1.92 bits per heavy atom. The van der Waals surface area contributed by atoms with E-state index in [4.69, 9.17) is 5.73 Å². The molecule has 0 saturated carbocycles. The zero-order valence-corrected chi connectivity index (χ0v) is 6.27. The standard InChI is InChI=1S/C7H8N2O3/c8-3-5(4-10)9-6(11)1-2-7(9)12/h1-2,4-5H,3,8H2. The van der Waals surface area contributed by atoms with E-state index in [0.717, 1.165) is 17.1 Å². The van der Waals surface area contributed by atoms with Crippen molar-refractivity contribution >= 4 is 18.1 Å². The van der Waals surface area contributed by atoms with Gasteiger partial charge < -0.3 is 10.5 Å². The lowest BCUT2D eigenvalue weighted by atomic mass is 10.3. The van der Waals surface area contributed by atoms with Crippen molar-refractivity contribution in [3.05, 3.63) is 12.2 Å². The molecule has 1 unspecified atom stereocenters. The lowest BCUT2D eigenvalue weighted by Gasteiger charge is -2.18. The number of nitrogens with zero attached hydrogens (tertiary/aromatic N) is 1. The van der Waals surface area contributed by atoms with E-state index in [0.29, 0.717) is 6.29 Å². The molecule has 0 fully saturated rings. The highest BCUT2D eigenvalue weighted by molar-refractivity contribution is 6.14. The van der Waals surface area contributed by atoms with E-state index in [-0.39, 0.29) is 6.54 Å². The second kappa shape index (κ2) is 3.27. The van der Waals surface area contributed by atoms with E-state index in [1.54, 1.807) is 0 Å². The molecule has 12 heavy (non-hydrogen) atoms. The number of aldehydes is 1. The maximum Gasteiger partial charge on any atom is 0.254 e. The van der Waals surface area contributed by atoms with E-state index in [9.17, 15) is 14.4 Å². The Morgan fingerprint density at radius 1 is 1.42 bits per heavy atom. The van der Waals surface area contributed by atoms with Gasteiger partial charge in [-0.1, -0.05) is 0 Å². The van der Waals surface area contributed by atoms with Crippen LogP contribution in [0.25, 0.3) is 0 Å². The Kier molecular flexibility index (Phi) is 2.35. The van der Waals surface area contributed by atoms with Gasteiger partial charge in [0.2, 0.25) is 0 Å². The molecule has 5 heteroatoms. The van der Waals surface area contributed by atoms with Gasteiger partial charge in [0.1, 0.15) is 12.3 Å². The van der Waals surface area contributed by atoms with Gasteiger partial charge in [-0.15, -0.1) is 0 Å². The molecule has 1 rings (SSSR count). The third-order valence-corrected chi connectivity index (χ3v) is 1.57. The molecular weight excluding hydrogens is 160 g/mol. The molecule has 0 aromatic heterocycles. The summed E-state index contributed by atoms with van der Waals surface area (Å²) in [5.74, 6) is -0.967. The Labute approximate surface area is 68.8 Å². The van der Waals surface area contributed by atoms with Crippen LogP contribution in [0.2, 0.25) is 0 Å². The highest BCUT2D eigenvalue weighted by Crippen LogP contribution is 2.06. The molecule has 1 aliphatic rings. The SMILES string of the molecule is NCC(C=O)N1C(=O)C=CC1=O. The van der Waals surface area contributed by atoms with Crippen LogP contribution in [-0.4, -0.2) is 35.6 Å². The van der Waals surface area contributed by atoms with Gasteiger partial charge in [-0.2, -0.15) is 0 Å². The predicted octanol–water partition coefficient (Wildman–Crippen LogP) is -1.56. The molecule has 0 bridgehead atoms. The molecular formula is C7H8N2O3. The van der Waals surface area contributed by atoms with Gasteiger partial charge in [-0.25, -0.2) is 0 Å². The minimum absolute atomic E-state index is 0.0390. The Hall–Kier alpha value is -1.49. The molecule has 5 nitrogen and oxygen atoms in total. The number of carbonyl (C=O) groups is 3. The minimum Gasteiger partial charge on any atom is -0.328 e. The number of hydrogen-bond acceptors (Lipinski definition) is 4. The van der Waals surface area contributed by atoms with Crippen LogP contribution in [0.15, 0.2) is 12.2 Å². The van der Waals surface area contributed by atoms with Crippen molar-refractivity contribution in [2.45, 2.75) is 6.04 Å².